The summed E-state index contributed by atoms with van der Waals surface area (Å²) in [6.07, 6.45) is 7.33. The number of nitrogens with zero attached hydrogens (tertiary/aromatic N) is 2. The molecule has 4 nitrogen and oxygen atoms in total. The van der Waals surface area contributed by atoms with Gasteiger partial charge >= 0.3 is 0 Å². The van der Waals surface area contributed by atoms with Gasteiger partial charge in [-0.25, -0.2) is 11.1 Å². The lowest BCUT2D eigenvalue weighted by Gasteiger charge is -2.38. The van der Waals surface area contributed by atoms with E-state index < -0.39 is 0 Å². The molecule has 1 aliphatic rings. The highest BCUT2D eigenvalue weighted by molar-refractivity contribution is 8.13. The van der Waals surface area contributed by atoms with Crippen LogP contribution in [0, 0.1) is 5.41 Å². The van der Waals surface area contributed by atoms with Crippen LogP contribution in [0.1, 0.15) is 40.0 Å². The van der Waals surface area contributed by atoms with Gasteiger partial charge in [0.15, 0.2) is 0 Å². The van der Waals surface area contributed by atoms with Gasteiger partial charge in [0.05, 0.1) is 13.0 Å². The maximum atomic E-state index is 12.1. The minimum absolute atomic E-state index is 0.0139. The van der Waals surface area contributed by atoms with Crippen molar-refractivity contribution in [2.24, 2.45) is 5.41 Å². The number of carbonyl (C=O) groups excluding carboxylic acids is 1. The molecule has 0 spiro atoms. The topological polar surface area (TPSA) is 32.8 Å². The molecule has 5 heteroatoms. The summed E-state index contributed by atoms with van der Waals surface area (Å²) in [7, 11) is 0. The third-order valence-electron chi connectivity index (χ3n) is 3.85. The van der Waals surface area contributed by atoms with Crippen molar-refractivity contribution < 1.29 is 9.53 Å². The Labute approximate surface area is 133 Å². The Morgan fingerprint density at radius 2 is 1.71 bits per heavy atom. The second-order valence-electron chi connectivity index (χ2n) is 7.21. The summed E-state index contributed by atoms with van der Waals surface area (Å²) < 4.78 is 8.08. The Hall–Kier alpha value is -0.260. The Balaban J connectivity index is 2.07. The van der Waals surface area contributed by atoms with Crippen molar-refractivity contribution in [3.05, 3.63) is 0 Å². The summed E-state index contributed by atoms with van der Waals surface area (Å²) in [5.74, 6) is 0.252. The molecular weight excluding hydrogens is 284 g/mol. The highest BCUT2D eigenvalue weighted by atomic mass is 32.2. The van der Waals surface area contributed by atoms with Gasteiger partial charge in [0.1, 0.15) is 0 Å². The second kappa shape index (κ2) is 9.01. The Bertz CT molecular complexity index is 308. The van der Waals surface area contributed by atoms with Crippen molar-refractivity contribution in [3.63, 3.8) is 0 Å². The zero-order valence-electron chi connectivity index (χ0n) is 14.5. The molecule has 126 valence electrons. The molecule has 1 amide bonds. The molecule has 21 heavy (non-hydrogen) atoms. The standard InChI is InChI=1S/C16H34N2O2S/c1-16(2,3)8-6-13-20-14-7-15(19)17-9-11-18(12-10-17)21(4)5/h21H,6-14H2,1-5H3. The van der Waals surface area contributed by atoms with Crippen LogP contribution in [0.25, 0.3) is 0 Å². The lowest BCUT2D eigenvalue weighted by molar-refractivity contribution is -0.133. The predicted molar refractivity (Wildman–Crippen MR) is 93.1 cm³/mol. The van der Waals surface area contributed by atoms with Gasteiger partial charge < -0.3 is 9.64 Å². The molecular formula is C16H34N2O2S. The quantitative estimate of drug-likeness (QED) is 0.578. The van der Waals surface area contributed by atoms with E-state index in [1.165, 1.54) is 6.42 Å². The molecule has 1 rings (SSSR count). The van der Waals surface area contributed by atoms with Crippen molar-refractivity contribution in [1.29, 1.82) is 0 Å². The number of ether oxygens (including phenoxy) is 1. The number of rotatable bonds is 7. The lowest BCUT2D eigenvalue weighted by Crippen LogP contribution is -2.47. The normalized spacial score (nSPS) is 18.0. The molecule has 0 aromatic carbocycles. The summed E-state index contributed by atoms with van der Waals surface area (Å²) in [5.41, 5.74) is 0.372. The first-order valence-corrected chi connectivity index (χ1v) is 10.3. The number of thiol groups is 1. The van der Waals surface area contributed by atoms with Crippen molar-refractivity contribution >= 4 is 17.0 Å². The first kappa shape index (κ1) is 18.8. The van der Waals surface area contributed by atoms with Gasteiger partial charge in [-0.1, -0.05) is 20.8 Å². The molecule has 0 aliphatic carbocycles. The van der Waals surface area contributed by atoms with Crippen LogP contribution < -0.4 is 0 Å². The van der Waals surface area contributed by atoms with Gasteiger partial charge in [-0.3, -0.25) is 9.10 Å². The molecule has 0 atom stereocenters. The summed E-state index contributed by atoms with van der Waals surface area (Å²) in [6, 6.07) is 0. The fraction of sp³-hybridized carbons (Fsp3) is 0.938. The maximum Gasteiger partial charge on any atom is 0.224 e. The summed E-state index contributed by atoms with van der Waals surface area (Å²) in [5, 5.41) is 0. The van der Waals surface area contributed by atoms with E-state index in [-0.39, 0.29) is 17.0 Å². The average Bonchev–Trinajstić information content (AvgIpc) is 2.41. The molecule has 0 aromatic heterocycles. The van der Waals surface area contributed by atoms with E-state index in [9.17, 15) is 4.79 Å². The zero-order chi connectivity index (χ0) is 15.9. The summed E-state index contributed by atoms with van der Waals surface area (Å²) >= 11 is -0.0139. The van der Waals surface area contributed by atoms with E-state index in [4.69, 9.17) is 4.74 Å². The van der Waals surface area contributed by atoms with Crippen LogP contribution in [-0.4, -0.2) is 67.0 Å². The van der Waals surface area contributed by atoms with E-state index in [1.54, 1.807) is 0 Å². The van der Waals surface area contributed by atoms with Crippen molar-refractivity contribution in [3.8, 4) is 0 Å². The maximum absolute atomic E-state index is 12.1. The highest BCUT2D eigenvalue weighted by Gasteiger charge is 2.21. The van der Waals surface area contributed by atoms with Crippen LogP contribution in [-0.2, 0) is 9.53 Å². The molecule has 0 N–H and O–H groups in total. The molecule has 0 bridgehead atoms. The second-order valence-corrected chi connectivity index (χ2v) is 9.47. The number of hydrogen-bond acceptors (Lipinski definition) is 3. The van der Waals surface area contributed by atoms with Gasteiger partial charge in [-0.15, -0.1) is 0 Å². The minimum atomic E-state index is -0.0139. The van der Waals surface area contributed by atoms with Crippen molar-refractivity contribution in [1.82, 2.24) is 9.21 Å². The Kier molecular flexibility index (Phi) is 8.06. The van der Waals surface area contributed by atoms with Gasteiger partial charge in [0.2, 0.25) is 5.91 Å². The number of piperazine rings is 1. The number of carbonyl (C=O) groups is 1. The van der Waals surface area contributed by atoms with Gasteiger partial charge in [-0.05, 0) is 30.8 Å². The predicted octanol–water partition coefficient (Wildman–Crippen LogP) is 2.54. The smallest absolute Gasteiger partial charge is 0.224 e. The third-order valence-corrected chi connectivity index (χ3v) is 5.38. The fourth-order valence-corrected chi connectivity index (χ4v) is 3.45. The van der Waals surface area contributed by atoms with E-state index >= 15 is 0 Å². The molecule has 0 radical (unpaired) electrons. The fourth-order valence-electron chi connectivity index (χ4n) is 2.47. The van der Waals surface area contributed by atoms with E-state index in [2.05, 4.69) is 37.6 Å². The van der Waals surface area contributed by atoms with Crippen LogP contribution in [0.4, 0.5) is 0 Å². The zero-order valence-corrected chi connectivity index (χ0v) is 15.4. The number of hydrogen-bond donors (Lipinski definition) is 1. The number of amides is 1. The summed E-state index contributed by atoms with van der Waals surface area (Å²) in [4.78, 5) is 14.1. The van der Waals surface area contributed by atoms with Crippen molar-refractivity contribution in [2.45, 2.75) is 40.0 Å². The average molecular weight is 319 g/mol. The lowest BCUT2D eigenvalue weighted by atomic mass is 9.91. The molecule has 0 unspecified atom stereocenters. The van der Waals surface area contributed by atoms with Crippen molar-refractivity contribution in [2.75, 3.05) is 51.9 Å². The molecule has 1 saturated heterocycles. The first-order chi connectivity index (χ1) is 9.79. The Morgan fingerprint density at radius 3 is 2.24 bits per heavy atom. The van der Waals surface area contributed by atoms with Crippen LogP contribution in [0.3, 0.4) is 0 Å². The molecule has 1 heterocycles. The van der Waals surface area contributed by atoms with E-state index in [0.717, 1.165) is 39.2 Å². The van der Waals surface area contributed by atoms with Crippen LogP contribution in [0.5, 0.6) is 0 Å². The molecule has 1 fully saturated rings. The van der Waals surface area contributed by atoms with E-state index in [0.29, 0.717) is 18.4 Å². The van der Waals surface area contributed by atoms with E-state index in [1.807, 2.05) is 4.90 Å². The van der Waals surface area contributed by atoms with Crippen LogP contribution in [0.2, 0.25) is 0 Å². The molecule has 1 aliphatic heterocycles. The van der Waals surface area contributed by atoms with Gasteiger partial charge in [0.25, 0.3) is 0 Å². The SMILES string of the molecule is C[SH](C)N1CCN(C(=O)CCOCCCC(C)(C)C)CC1. The van der Waals surface area contributed by atoms with Crippen LogP contribution in [0.15, 0.2) is 0 Å². The monoisotopic (exact) mass is 318 g/mol. The third kappa shape index (κ3) is 8.07. The largest absolute Gasteiger partial charge is 0.381 e. The van der Waals surface area contributed by atoms with Gasteiger partial charge in [-0.2, -0.15) is 0 Å². The van der Waals surface area contributed by atoms with Crippen LogP contribution >= 0.6 is 11.1 Å². The Morgan fingerprint density at radius 1 is 1.10 bits per heavy atom. The molecule has 0 saturated carbocycles. The first-order valence-electron chi connectivity index (χ1n) is 8.07. The molecule has 0 aromatic rings. The van der Waals surface area contributed by atoms with Gasteiger partial charge in [0, 0.05) is 32.8 Å². The minimum Gasteiger partial charge on any atom is -0.381 e. The highest BCUT2D eigenvalue weighted by Crippen LogP contribution is 2.23. The summed E-state index contributed by atoms with van der Waals surface area (Å²) in [6.45, 7) is 11.9.